The van der Waals surface area contributed by atoms with Crippen LogP contribution in [0.2, 0.25) is 0 Å². The van der Waals surface area contributed by atoms with Gasteiger partial charge in [0.15, 0.2) is 5.09 Å². The lowest BCUT2D eigenvalue weighted by Crippen LogP contribution is -1.98. The van der Waals surface area contributed by atoms with Gasteiger partial charge in [0.2, 0.25) is 0 Å². The second kappa shape index (κ2) is 4.40. The van der Waals surface area contributed by atoms with Crippen LogP contribution in [0.25, 0.3) is 4.91 Å². The van der Waals surface area contributed by atoms with Crippen molar-refractivity contribution in [2.45, 2.75) is 6.92 Å². The van der Waals surface area contributed by atoms with Crippen LogP contribution in [0.5, 0.6) is 0 Å². The van der Waals surface area contributed by atoms with Gasteiger partial charge in [0.1, 0.15) is 10.8 Å². The minimum Gasteiger partial charge on any atom is -0.419 e. The molecule has 2 rings (SSSR count). The van der Waals surface area contributed by atoms with Crippen molar-refractivity contribution in [1.29, 1.82) is 0 Å². The molecule has 0 radical (unpaired) electrons. The summed E-state index contributed by atoms with van der Waals surface area (Å²) in [5, 5.41) is 0.166. The van der Waals surface area contributed by atoms with Gasteiger partial charge in [0, 0.05) is 11.9 Å². The number of ether oxygens (including phenoxy) is 1. The van der Waals surface area contributed by atoms with Gasteiger partial charge in [-0.1, -0.05) is 0 Å². The topological polar surface area (TPSA) is 56.3 Å². The van der Waals surface area contributed by atoms with E-state index in [1.807, 2.05) is 13.0 Å². The Bertz CT molecular complexity index is 520. The highest BCUT2D eigenvalue weighted by Crippen LogP contribution is 2.28. The van der Waals surface area contributed by atoms with Crippen LogP contribution in [0.15, 0.2) is 35.6 Å². The number of nitrogens with zero attached hydrogens (tertiary/aromatic N) is 1. The molecule has 0 amide bonds. The Morgan fingerprint density at radius 3 is 2.94 bits per heavy atom. The summed E-state index contributed by atoms with van der Waals surface area (Å²) in [6.45, 7) is 2.14. The number of aryl methyl sites for hydroxylation is 1. The molecule has 1 aromatic rings. The van der Waals surface area contributed by atoms with E-state index in [9.17, 15) is 9.00 Å². The molecule has 0 N–H and O–H groups in total. The van der Waals surface area contributed by atoms with Crippen LogP contribution < -0.4 is 0 Å². The number of pyridine rings is 1. The van der Waals surface area contributed by atoms with Crippen molar-refractivity contribution in [3.63, 3.8) is 0 Å². The largest absolute Gasteiger partial charge is 0.419 e. The lowest BCUT2D eigenvalue weighted by atomic mass is 10.2. The summed E-state index contributed by atoms with van der Waals surface area (Å²) in [6.07, 6.45) is 4.88. The smallest absolute Gasteiger partial charge is 0.299 e. The molecule has 4 nitrogen and oxygen atoms in total. The van der Waals surface area contributed by atoms with E-state index in [0.29, 0.717) is 4.91 Å². The van der Waals surface area contributed by atoms with Crippen LogP contribution in [-0.4, -0.2) is 15.7 Å². The van der Waals surface area contributed by atoms with Crippen molar-refractivity contribution in [3.05, 3.63) is 46.8 Å². The van der Waals surface area contributed by atoms with Gasteiger partial charge in [-0.2, -0.15) is 0 Å². The summed E-state index contributed by atoms with van der Waals surface area (Å²) in [4.78, 5) is 14.9. The van der Waals surface area contributed by atoms with Crippen molar-refractivity contribution < 1.29 is 13.7 Å². The summed E-state index contributed by atoms with van der Waals surface area (Å²) in [5.74, 6) is 0. The van der Waals surface area contributed by atoms with E-state index in [-0.39, 0.29) is 11.6 Å². The zero-order chi connectivity index (χ0) is 11.5. The van der Waals surface area contributed by atoms with E-state index in [4.69, 9.17) is 0 Å². The highest BCUT2D eigenvalue weighted by molar-refractivity contribution is 7.98. The van der Waals surface area contributed by atoms with E-state index >= 15 is 0 Å². The molecular weight excluding hydrogens is 226 g/mol. The lowest BCUT2D eigenvalue weighted by molar-refractivity contribution is -0.124. The fourth-order valence-electron chi connectivity index (χ4n) is 1.41. The van der Waals surface area contributed by atoms with Crippen molar-refractivity contribution >= 4 is 22.2 Å². The molecule has 2 heterocycles. The van der Waals surface area contributed by atoms with Gasteiger partial charge in [-0.25, -0.2) is 4.21 Å². The first-order valence-electron chi connectivity index (χ1n) is 4.59. The van der Waals surface area contributed by atoms with E-state index in [1.54, 1.807) is 18.3 Å². The third-order valence-electron chi connectivity index (χ3n) is 2.10. The van der Waals surface area contributed by atoms with Crippen LogP contribution in [0.4, 0.5) is 0 Å². The van der Waals surface area contributed by atoms with E-state index in [2.05, 4.69) is 9.72 Å². The van der Waals surface area contributed by atoms with Crippen LogP contribution in [0.3, 0.4) is 0 Å². The molecule has 82 valence electrons. The van der Waals surface area contributed by atoms with Gasteiger partial charge in [-0.3, -0.25) is 9.78 Å². The van der Waals surface area contributed by atoms with Gasteiger partial charge in [-0.15, -0.1) is 0 Å². The number of allylic oxidation sites excluding steroid dienone is 2. The monoisotopic (exact) mass is 235 g/mol. The fraction of sp³-hybridized carbons (Fsp3) is 0.0909. The molecule has 0 bridgehead atoms. The molecule has 0 spiro atoms. The van der Waals surface area contributed by atoms with Crippen molar-refractivity contribution in [3.8, 4) is 0 Å². The third kappa shape index (κ3) is 1.94. The standard InChI is InChI=1S/C11H9NO3S/c1-8-6-9(4-5-12-8)10-2-3-11(15-7-13)16(10)14/h2-7H,1H3. The average molecular weight is 235 g/mol. The third-order valence-corrected chi connectivity index (χ3v) is 3.47. The number of hydrogen-bond acceptors (Lipinski definition) is 4. The maximum Gasteiger partial charge on any atom is 0.299 e. The number of hydrogen-bond donors (Lipinski definition) is 0. The van der Waals surface area contributed by atoms with Gasteiger partial charge in [0.05, 0.1) is 4.91 Å². The molecule has 16 heavy (non-hydrogen) atoms. The number of carbonyl (C=O) groups is 1. The molecule has 1 aliphatic rings. The number of carbonyl (C=O) groups excluding carboxylic acids is 1. The maximum atomic E-state index is 11.9. The van der Waals surface area contributed by atoms with E-state index < -0.39 is 10.8 Å². The van der Waals surface area contributed by atoms with Gasteiger partial charge in [-0.05, 0) is 36.8 Å². The Hall–Kier alpha value is -1.75. The lowest BCUT2D eigenvalue weighted by Gasteiger charge is -2.04. The second-order valence-corrected chi connectivity index (χ2v) is 4.56. The number of aromatic nitrogens is 1. The average Bonchev–Trinajstić information content (AvgIpc) is 2.61. The predicted molar refractivity (Wildman–Crippen MR) is 60.3 cm³/mol. The summed E-state index contributed by atoms with van der Waals surface area (Å²) >= 11 is 0. The normalized spacial score (nSPS) is 18.9. The Balaban J connectivity index is 2.27. The summed E-state index contributed by atoms with van der Waals surface area (Å²) in [7, 11) is -1.42. The van der Waals surface area contributed by atoms with Gasteiger partial charge < -0.3 is 4.74 Å². The first-order chi connectivity index (χ1) is 7.72. The molecule has 0 saturated heterocycles. The molecule has 0 saturated carbocycles. The predicted octanol–water partition coefficient (Wildman–Crippen LogP) is 1.51. The van der Waals surface area contributed by atoms with Crippen molar-refractivity contribution in [2.24, 2.45) is 0 Å². The first kappa shape index (κ1) is 10.8. The molecule has 5 heteroatoms. The van der Waals surface area contributed by atoms with E-state index in [1.165, 1.54) is 6.08 Å². The number of rotatable bonds is 3. The molecule has 0 aromatic carbocycles. The Morgan fingerprint density at radius 2 is 2.25 bits per heavy atom. The summed E-state index contributed by atoms with van der Waals surface area (Å²) < 4.78 is 16.5. The molecule has 0 aliphatic carbocycles. The summed E-state index contributed by atoms with van der Waals surface area (Å²) in [5.41, 5.74) is 1.67. The zero-order valence-electron chi connectivity index (χ0n) is 8.54. The Morgan fingerprint density at radius 1 is 1.44 bits per heavy atom. The van der Waals surface area contributed by atoms with Crippen molar-refractivity contribution in [2.75, 3.05) is 0 Å². The second-order valence-electron chi connectivity index (χ2n) is 3.19. The maximum absolute atomic E-state index is 11.9. The molecule has 1 aliphatic heterocycles. The summed E-state index contributed by atoms with van der Waals surface area (Å²) in [6, 6.07) is 3.61. The molecular formula is C11H9NO3S. The highest BCUT2D eigenvalue weighted by Gasteiger charge is 2.21. The minimum absolute atomic E-state index is 0.166. The first-order valence-corrected chi connectivity index (χ1v) is 5.74. The van der Waals surface area contributed by atoms with Crippen LogP contribution in [-0.2, 0) is 20.3 Å². The SMILES string of the molecule is Cc1cc(C2=CC=C(OC=O)S2=O)ccn1. The zero-order valence-corrected chi connectivity index (χ0v) is 9.36. The highest BCUT2D eigenvalue weighted by atomic mass is 32.2. The minimum atomic E-state index is -1.42. The van der Waals surface area contributed by atoms with E-state index in [0.717, 1.165) is 11.3 Å². The van der Waals surface area contributed by atoms with Crippen LogP contribution >= 0.6 is 0 Å². The molecule has 1 atom stereocenters. The van der Waals surface area contributed by atoms with Crippen LogP contribution in [0.1, 0.15) is 11.3 Å². The quantitative estimate of drug-likeness (QED) is 0.745. The molecule has 1 aromatic heterocycles. The molecule has 0 fully saturated rings. The van der Waals surface area contributed by atoms with Gasteiger partial charge in [0.25, 0.3) is 6.47 Å². The Kier molecular flexibility index (Phi) is 2.96. The molecule has 1 unspecified atom stereocenters. The van der Waals surface area contributed by atoms with Gasteiger partial charge >= 0.3 is 0 Å². The van der Waals surface area contributed by atoms with Crippen LogP contribution in [0, 0.1) is 6.92 Å². The Labute approximate surface area is 95.1 Å². The fourth-order valence-corrected chi connectivity index (χ4v) is 2.48. The van der Waals surface area contributed by atoms with Crippen molar-refractivity contribution in [1.82, 2.24) is 4.98 Å².